The largest absolute Gasteiger partial charge is 0.508 e. The molecule has 0 unspecified atom stereocenters. The molecule has 4 aromatic rings. The number of unbranched alkanes of at least 4 members (excludes halogenated alkanes) is 3. The van der Waals surface area contributed by atoms with E-state index in [-0.39, 0.29) is 131 Å². The number of amides is 11. The van der Waals surface area contributed by atoms with Crippen LogP contribution in [0.4, 0.5) is 23.8 Å². The second kappa shape index (κ2) is 39.3. The number of aromatic nitrogens is 8. The van der Waals surface area contributed by atoms with Gasteiger partial charge in [0, 0.05) is 56.8 Å². The quantitative estimate of drug-likeness (QED) is 0.0193. The number of phenolic OH excluding ortho intramolecular Hbond substituents is 1. The van der Waals surface area contributed by atoms with E-state index < -0.39 is 126 Å². The Balaban J connectivity index is 1.24. The van der Waals surface area contributed by atoms with Crippen LogP contribution in [-0.2, 0) is 65.6 Å². The monoisotopic (exact) mass is 1390 g/mol. The zero-order chi connectivity index (χ0) is 72.1. The fourth-order valence-corrected chi connectivity index (χ4v) is 11.1. The molecule has 2 aliphatic rings. The number of hydrogen-bond donors (Lipinski definition) is 20. The van der Waals surface area contributed by atoms with Gasteiger partial charge < -0.3 is 101 Å². The third-order valence-corrected chi connectivity index (χ3v) is 16.5. The van der Waals surface area contributed by atoms with Crippen LogP contribution in [-0.4, -0.2) is 220 Å². The summed E-state index contributed by atoms with van der Waals surface area (Å²) in [5.41, 5.74) is 17.6. The summed E-state index contributed by atoms with van der Waals surface area (Å²) < 4.78 is 0. The Morgan fingerprint density at radius 1 is 0.616 bits per heavy atom. The van der Waals surface area contributed by atoms with E-state index >= 15 is 0 Å². The summed E-state index contributed by atoms with van der Waals surface area (Å²) in [6.07, 6.45) is 5.89. The first-order valence-corrected chi connectivity index (χ1v) is 33.5. The van der Waals surface area contributed by atoms with Crippen molar-refractivity contribution in [2.24, 2.45) is 11.7 Å². The summed E-state index contributed by atoms with van der Waals surface area (Å²) in [5, 5.41) is 67.4. The van der Waals surface area contributed by atoms with E-state index in [1.54, 1.807) is 0 Å². The summed E-state index contributed by atoms with van der Waals surface area (Å²) >= 11 is 0. The molecule has 0 spiro atoms. The van der Waals surface area contributed by atoms with Crippen LogP contribution in [0.25, 0.3) is 0 Å². The lowest BCUT2D eigenvalue weighted by molar-refractivity contribution is -0.142. The van der Waals surface area contributed by atoms with Crippen LogP contribution in [0, 0.1) is 5.92 Å². The Hall–Kier alpha value is -10.2. The minimum absolute atomic E-state index is 0.0552. The molecule has 10 atom stereocenters. The highest BCUT2D eigenvalue weighted by molar-refractivity contribution is 5.99. The molecule has 2 fully saturated rings. The second-order valence-electron chi connectivity index (χ2n) is 25.4. The van der Waals surface area contributed by atoms with E-state index in [2.05, 4.69) is 104 Å². The molecule has 6 rings (SSSR count). The second-order valence-corrected chi connectivity index (χ2v) is 25.4. The number of nitrogens with zero attached hydrogens (tertiary/aromatic N) is 6. The number of benzene rings is 1. The zero-order valence-corrected chi connectivity index (χ0v) is 56.5. The Bertz CT molecular complexity index is 3310. The number of phenols is 1. The summed E-state index contributed by atoms with van der Waals surface area (Å²) in [4.78, 5) is 170. The maximum absolute atomic E-state index is 15.0. The molecule has 5 heterocycles. The van der Waals surface area contributed by atoms with E-state index in [1.807, 2.05) is 27.7 Å². The third-order valence-electron chi connectivity index (χ3n) is 16.5. The first kappa shape index (κ1) is 77.8. The van der Waals surface area contributed by atoms with Crippen molar-refractivity contribution in [3.8, 4) is 5.75 Å². The highest BCUT2D eigenvalue weighted by Gasteiger charge is 2.40. The minimum Gasteiger partial charge on any atom is -0.508 e. The summed E-state index contributed by atoms with van der Waals surface area (Å²) in [5.74, 6) is -7.99. The maximum Gasteiger partial charge on any atom is 0.245 e. The number of nitrogen functional groups attached to an aromatic ring is 2. The number of carbonyl (C=O) groups is 11. The first-order chi connectivity index (χ1) is 47.3. The van der Waals surface area contributed by atoms with Gasteiger partial charge in [-0.15, -0.1) is 10.2 Å². The Kier molecular flexibility index (Phi) is 30.9. The van der Waals surface area contributed by atoms with Gasteiger partial charge in [-0.3, -0.25) is 52.7 Å². The standard InChI is InChI=1S/C62H98N24O13/c1-33(2)27-43(53(94)75-42(15-8-9-23-67-34(3)4)58(99)86-26-12-16-47(86)57(98)71-35(5)49(63)90)76-50(91)39(13-6-10-24-68-61-80-59(64)82-84-61)73-54(95)44(28-36-17-19-38(88)20-18-36)77-56(97)46(31-87)79-51(92)40(14-7-11-25-69-62-81-60(65)83-85-62)74-55(96)45(29-37-30-66-32-70-37)78-52(93)41-21-22-48(89)72-41/h17-20,30,32-35,39-47,67,87-88H,6-16,21-29,31H2,1-5H3,(H2,63,90)(H,66,70)(H,71,98)(H,72,89)(H,73,95)(H,74,96)(H,75,94)(H,76,91)(H,77,97)(H,78,93)(H,79,92)(H4,64,68,80,82,84)(H4,65,69,81,83,85)/t35-,39-,40-,41+,42+,43+,44+,45+,46+,47+/m1/s1. The van der Waals surface area contributed by atoms with Gasteiger partial charge in [-0.25, -0.2) is 15.2 Å². The minimum atomic E-state index is -1.79. The number of carbonyl (C=O) groups excluding carboxylic acids is 11. The van der Waals surface area contributed by atoms with Gasteiger partial charge in [0.15, 0.2) is 0 Å². The number of nitrogens with one attached hydrogen (secondary N) is 15. The Morgan fingerprint density at radius 2 is 1.13 bits per heavy atom. The molecule has 0 bridgehead atoms. The van der Waals surface area contributed by atoms with Gasteiger partial charge in [0.05, 0.1) is 12.9 Å². The van der Waals surface area contributed by atoms with Crippen LogP contribution in [0.2, 0.25) is 0 Å². The fourth-order valence-electron chi connectivity index (χ4n) is 11.1. The number of aliphatic hydroxyl groups excluding tert-OH is 1. The number of aromatic hydroxyl groups is 1. The van der Waals surface area contributed by atoms with Crippen LogP contribution < -0.4 is 81.0 Å². The van der Waals surface area contributed by atoms with Crippen molar-refractivity contribution in [2.45, 2.75) is 204 Å². The number of H-pyrrole nitrogens is 3. The number of aliphatic hydroxyl groups is 1. The highest BCUT2D eigenvalue weighted by atomic mass is 16.3. The van der Waals surface area contributed by atoms with Gasteiger partial charge in [0.1, 0.15) is 66.2 Å². The van der Waals surface area contributed by atoms with E-state index in [0.717, 1.165) is 0 Å². The highest BCUT2D eigenvalue weighted by Crippen LogP contribution is 2.22. The molecule has 11 amide bonds. The van der Waals surface area contributed by atoms with Gasteiger partial charge in [-0.2, -0.15) is 9.97 Å². The summed E-state index contributed by atoms with van der Waals surface area (Å²) in [6, 6.07) is -7.03. The van der Waals surface area contributed by atoms with Crippen molar-refractivity contribution in [1.82, 2.24) is 98.4 Å². The molecule has 37 nitrogen and oxygen atoms in total. The molecule has 544 valence electrons. The SMILES string of the molecule is CC(C)C[C@H](NC(=O)[C@@H](CCCCNc1n[nH]c(N)n1)NC(=O)[C@H](Cc1ccc(O)cc1)NC(=O)[C@H](CO)NC(=O)[C@@H](CCCCNc1n[nH]c(N)n1)NC(=O)[C@H](Cc1cnc[nH]1)NC(=O)[C@@H]1CCC(=O)N1)C(=O)N[C@@H](CCCCNC(C)C)C(=O)N1CCC[C@H]1C(=O)N[C@H](C)C(N)=O. The Morgan fingerprint density at radius 3 is 1.65 bits per heavy atom. The van der Waals surface area contributed by atoms with Crippen molar-refractivity contribution in [2.75, 3.05) is 54.9 Å². The molecule has 99 heavy (non-hydrogen) atoms. The number of primary amides is 1. The number of anilines is 4. The molecule has 3 aromatic heterocycles. The number of aromatic amines is 3. The normalized spacial score (nSPS) is 16.8. The summed E-state index contributed by atoms with van der Waals surface area (Å²) in [6.45, 7) is 9.39. The molecule has 0 aliphatic carbocycles. The zero-order valence-electron chi connectivity index (χ0n) is 56.5. The van der Waals surface area contributed by atoms with Crippen LogP contribution in [0.15, 0.2) is 36.8 Å². The lowest BCUT2D eigenvalue weighted by Crippen LogP contribution is -2.61. The molecular weight excluding hydrogens is 1290 g/mol. The lowest BCUT2D eigenvalue weighted by Gasteiger charge is -2.31. The number of hydrogen-bond acceptors (Lipinski definition) is 23. The van der Waals surface area contributed by atoms with Crippen molar-refractivity contribution in [3.63, 3.8) is 0 Å². The van der Waals surface area contributed by atoms with Crippen molar-refractivity contribution >= 4 is 88.8 Å². The lowest BCUT2D eigenvalue weighted by atomic mass is 10.00. The van der Waals surface area contributed by atoms with Crippen molar-refractivity contribution in [1.29, 1.82) is 0 Å². The van der Waals surface area contributed by atoms with E-state index in [0.29, 0.717) is 56.3 Å². The average Bonchev–Trinajstić information content (AvgIpc) is 1.76. The van der Waals surface area contributed by atoms with Gasteiger partial charge in [-0.1, -0.05) is 39.8 Å². The molecule has 0 radical (unpaired) electrons. The topological polar surface area (TPSA) is 566 Å². The fraction of sp³-hybridized carbons (Fsp3) is 0.613. The number of nitrogens with two attached hydrogens (primary N) is 3. The molecule has 23 N–H and O–H groups in total. The van der Waals surface area contributed by atoms with E-state index in [4.69, 9.17) is 17.2 Å². The number of rotatable bonds is 43. The van der Waals surface area contributed by atoms with Gasteiger partial charge in [-0.05, 0) is 121 Å². The number of likely N-dealkylation sites (tertiary alicyclic amines) is 1. The predicted molar refractivity (Wildman–Crippen MR) is 360 cm³/mol. The predicted octanol–water partition coefficient (Wildman–Crippen LogP) is -3.27. The van der Waals surface area contributed by atoms with Crippen LogP contribution in [0.3, 0.4) is 0 Å². The third kappa shape index (κ3) is 26.0. The van der Waals surface area contributed by atoms with E-state index in [9.17, 15) is 63.0 Å². The molecule has 37 heteroatoms. The Labute approximate surface area is 572 Å². The van der Waals surface area contributed by atoms with Gasteiger partial charge >= 0.3 is 0 Å². The van der Waals surface area contributed by atoms with Crippen LogP contribution in [0.5, 0.6) is 5.75 Å². The average molecular weight is 1390 g/mol. The molecule has 2 saturated heterocycles. The van der Waals surface area contributed by atoms with Crippen LogP contribution >= 0.6 is 0 Å². The first-order valence-electron chi connectivity index (χ1n) is 33.5. The molecule has 2 aliphatic heterocycles. The van der Waals surface area contributed by atoms with Crippen molar-refractivity contribution < 1.29 is 63.0 Å². The van der Waals surface area contributed by atoms with Crippen LogP contribution in [0.1, 0.15) is 136 Å². The summed E-state index contributed by atoms with van der Waals surface area (Å²) in [7, 11) is 0. The van der Waals surface area contributed by atoms with Gasteiger partial charge in [0.2, 0.25) is 88.8 Å². The molecular formula is C62H98N24O13. The maximum atomic E-state index is 15.0. The molecule has 0 saturated carbocycles. The number of imidazole rings is 1. The molecule has 1 aromatic carbocycles. The van der Waals surface area contributed by atoms with Crippen molar-refractivity contribution in [3.05, 3.63) is 48.0 Å². The van der Waals surface area contributed by atoms with Gasteiger partial charge in [0.25, 0.3) is 0 Å². The smallest absolute Gasteiger partial charge is 0.245 e. The van der Waals surface area contributed by atoms with E-state index in [1.165, 1.54) is 48.6 Å².